The van der Waals surface area contributed by atoms with Crippen LogP contribution < -0.4 is 0 Å². The van der Waals surface area contributed by atoms with Crippen LogP contribution in [-0.2, 0) is 4.74 Å². The molecule has 0 aliphatic carbocycles. The lowest BCUT2D eigenvalue weighted by molar-refractivity contribution is 0.0517. The van der Waals surface area contributed by atoms with E-state index in [4.69, 9.17) is 4.74 Å². The quantitative estimate of drug-likeness (QED) is 0.622. The standard InChI is InChI=1S/C13H17NO3S3/c1-4-17-13(16)9-10(7(2)15)20-12(14-9)11-8(3)18-5-6-19-11/h8,11H,4-6H2,1-3H3. The predicted molar refractivity (Wildman–Crippen MR) is 85.2 cm³/mol. The molecule has 1 saturated heterocycles. The molecule has 2 atom stereocenters. The Hall–Kier alpha value is -0.530. The molecule has 0 spiro atoms. The summed E-state index contributed by atoms with van der Waals surface area (Å²) in [5, 5.41) is 1.55. The highest BCUT2D eigenvalue weighted by molar-refractivity contribution is 8.06. The van der Waals surface area contributed by atoms with E-state index < -0.39 is 5.97 Å². The number of rotatable bonds is 4. The molecule has 2 unspecified atom stereocenters. The van der Waals surface area contributed by atoms with Crippen LogP contribution in [0.5, 0.6) is 0 Å². The first-order valence-electron chi connectivity index (χ1n) is 6.46. The molecular formula is C13H17NO3S3. The first kappa shape index (κ1) is 15.9. The fraction of sp³-hybridized carbons (Fsp3) is 0.615. The number of carbonyl (C=O) groups is 2. The molecule has 0 bridgehead atoms. The van der Waals surface area contributed by atoms with Crippen LogP contribution in [0, 0.1) is 0 Å². The molecule has 0 N–H and O–H groups in total. The number of ether oxygens (including phenoxy) is 1. The molecular weight excluding hydrogens is 314 g/mol. The van der Waals surface area contributed by atoms with E-state index in [9.17, 15) is 9.59 Å². The Labute approximate surface area is 131 Å². The Balaban J connectivity index is 2.33. The van der Waals surface area contributed by atoms with Crippen LogP contribution in [0.4, 0.5) is 0 Å². The van der Waals surface area contributed by atoms with Crippen molar-refractivity contribution in [2.24, 2.45) is 0 Å². The van der Waals surface area contributed by atoms with Gasteiger partial charge in [0, 0.05) is 23.7 Å². The van der Waals surface area contributed by atoms with Gasteiger partial charge in [0.1, 0.15) is 9.88 Å². The maximum Gasteiger partial charge on any atom is 0.358 e. The number of hydrogen-bond acceptors (Lipinski definition) is 7. The van der Waals surface area contributed by atoms with E-state index in [2.05, 4.69) is 11.9 Å². The number of hydrogen-bond donors (Lipinski definition) is 0. The van der Waals surface area contributed by atoms with Gasteiger partial charge in [-0.1, -0.05) is 6.92 Å². The second-order valence-corrected chi connectivity index (χ2v) is 8.14. The van der Waals surface area contributed by atoms with Crippen molar-refractivity contribution in [2.45, 2.75) is 31.3 Å². The van der Waals surface area contributed by atoms with E-state index >= 15 is 0 Å². The molecule has 0 radical (unpaired) electrons. The molecule has 2 heterocycles. The number of thioether (sulfide) groups is 2. The molecule has 1 aliphatic rings. The summed E-state index contributed by atoms with van der Waals surface area (Å²) in [6, 6.07) is 0. The summed E-state index contributed by atoms with van der Waals surface area (Å²) in [6.45, 7) is 5.66. The number of nitrogens with zero attached hydrogens (tertiary/aromatic N) is 1. The zero-order valence-electron chi connectivity index (χ0n) is 11.7. The molecule has 1 aromatic rings. The van der Waals surface area contributed by atoms with Gasteiger partial charge in [-0.2, -0.15) is 11.8 Å². The third kappa shape index (κ3) is 3.38. The largest absolute Gasteiger partial charge is 0.461 e. The number of thiazole rings is 1. The molecule has 0 saturated carbocycles. The maximum absolute atomic E-state index is 11.9. The van der Waals surface area contributed by atoms with Crippen molar-refractivity contribution in [1.29, 1.82) is 0 Å². The van der Waals surface area contributed by atoms with E-state index in [0.717, 1.165) is 16.5 Å². The van der Waals surface area contributed by atoms with Crippen molar-refractivity contribution >= 4 is 46.6 Å². The highest BCUT2D eigenvalue weighted by Gasteiger charge is 2.30. The minimum atomic E-state index is -0.499. The van der Waals surface area contributed by atoms with Crippen molar-refractivity contribution in [1.82, 2.24) is 4.98 Å². The average molecular weight is 331 g/mol. The number of Topliss-reactive ketones (excluding diaryl/α,β-unsaturated/α-hetero) is 1. The smallest absolute Gasteiger partial charge is 0.358 e. The SMILES string of the molecule is CCOC(=O)c1nc(C2SCCSC2C)sc1C(C)=O. The first-order valence-corrected chi connectivity index (χ1v) is 9.38. The summed E-state index contributed by atoms with van der Waals surface area (Å²) in [5.41, 5.74) is 0.183. The Kier molecular flexibility index (Phi) is 5.51. The zero-order chi connectivity index (χ0) is 14.7. The van der Waals surface area contributed by atoms with Gasteiger partial charge in [-0.05, 0) is 6.92 Å². The van der Waals surface area contributed by atoms with E-state index in [1.807, 2.05) is 23.5 Å². The molecule has 20 heavy (non-hydrogen) atoms. The fourth-order valence-electron chi connectivity index (χ4n) is 1.94. The summed E-state index contributed by atoms with van der Waals surface area (Å²) < 4.78 is 4.99. The van der Waals surface area contributed by atoms with Crippen LogP contribution in [-0.4, -0.2) is 40.1 Å². The van der Waals surface area contributed by atoms with Crippen molar-refractivity contribution in [3.8, 4) is 0 Å². The van der Waals surface area contributed by atoms with Gasteiger partial charge in [-0.25, -0.2) is 9.78 Å². The van der Waals surface area contributed by atoms with Gasteiger partial charge in [0.15, 0.2) is 11.5 Å². The summed E-state index contributed by atoms with van der Waals surface area (Å²) in [4.78, 5) is 28.4. The molecule has 110 valence electrons. The predicted octanol–water partition coefficient (Wildman–Crippen LogP) is 3.43. The van der Waals surface area contributed by atoms with Gasteiger partial charge < -0.3 is 4.74 Å². The molecule has 1 fully saturated rings. The van der Waals surface area contributed by atoms with Gasteiger partial charge >= 0.3 is 5.97 Å². The highest BCUT2D eigenvalue weighted by Crippen LogP contribution is 2.44. The number of esters is 1. The van der Waals surface area contributed by atoms with Crippen LogP contribution in [0.15, 0.2) is 0 Å². The minimum absolute atomic E-state index is 0.127. The van der Waals surface area contributed by atoms with E-state index in [-0.39, 0.29) is 23.3 Å². The molecule has 1 aromatic heterocycles. The Bertz CT molecular complexity index is 515. The normalized spacial score (nSPS) is 22.6. The van der Waals surface area contributed by atoms with E-state index in [1.54, 1.807) is 6.92 Å². The van der Waals surface area contributed by atoms with Crippen molar-refractivity contribution in [2.75, 3.05) is 18.1 Å². The van der Waals surface area contributed by atoms with Crippen molar-refractivity contribution in [3.63, 3.8) is 0 Å². The average Bonchev–Trinajstić information content (AvgIpc) is 2.84. The number of aromatic nitrogens is 1. The Morgan fingerprint density at radius 2 is 2.05 bits per heavy atom. The lowest BCUT2D eigenvalue weighted by Gasteiger charge is -2.25. The molecule has 0 aromatic carbocycles. The molecule has 2 rings (SSSR count). The zero-order valence-corrected chi connectivity index (χ0v) is 14.1. The maximum atomic E-state index is 11.9. The molecule has 0 amide bonds. The summed E-state index contributed by atoms with van der Waals surface area (Å²) in [5.74, 6) is 1.58. The van der Waals surface area contributed by atoms with Crippen LogP contribution in [0.25, 0.3) is 0 Å². The van der Waals surface area contributed by atoms with Crippen LogP contribution in [0.2, 0.25) is 0 Å². The lowest BCUT2D eigenvalue weighted by Crippen LogP contribution is -2.16. The van der Waals surface area contributed by atoms with Crippen LogP contribution >= 0.6 is 34.9 Å². The van der Waals surface area contributed by atoms with Crippen LogP contribution in [0.3, 0.4) is 0 Å². The second kappa shape index (κ2) is 6.95. The van der Waals surface area contributed by atoms with Gasteiger partial charge in [-0.3, -0.25) is 4.79 Å². The van der Waals surface area contributed by atoms with Crippen molar-refractivity contribution < 1.29 is 14.3 Å². The van der Waals surface area contributed by atoms with E-state index in [1.165, 1.54) is 18.3 Å². The summed E-state index contributed by atoms with van der Waals surface area (Å²) >= 11 is 5.09. The summed E-state index contributed by atoms with van der Waals surface area (Å²) in [7, 11) is 0. The molecule has 4 nitrogen and oxygen atoms in total. The second-order valence-electron chi connectivity index (χ2n) is 4.37. The topological polar surface area (TPSA) is 56.3 Å². The number of carbonyl (C=O) groups excluding carboxylic acids is 2. The third-order valence-electron chi connectivity index (χ3n) is 2.86. The van der Waals surface area contributed by atoms with E-state index in [0.29, 0.717) is 10.1 Å². The Morgan fingerprint density at radius 1 is 1.35 bits per heavy atom. The van der Waals surface area contributed by atoms with Gasteiger partial charge in [0.25, 0.3) is 0 Å². The summed E-state index contributed by atoms with van der Waals surface area (Å²) in [6.07, 6.45) is 0. The monoisotopic (exact) mass is 331 g/mol. The van der Waals surface area contributed by atoms with Gasteiger partial charge in [0.05, 0.1) is 11.9 Å². The van der Waals surface area contributed by atoms with Gasteiger partial charge in [-0.15, -0.1) is 23.1 Å². The minimum Gasteiger partial charge on any atom is -0.461 e. The van der Waals surface area contributed by atoms with Crippen molar-refractivity contribution in [3.05, 3.63) is 15.6 Å². The first-order chi connectivity index (χ1) is 9.54. The van der Waals surface area contributed by atoms with Gasteiger partial charge in [0.2, 0.25) is 0 Å². The molecule has 1 aliphatic heterocycles. The van der Waals surface area contributed by atoms with Crippen LogP contribution in [0.1, 0.15) is 51.2 Å². The Morgan fingerprint density at radius 3 is 2.65 bits per heavy atom. The number of ketones is 1. The molecule has 7 heteroatoms. The third-order valence-corrected chi connectivity index (χ3v) is 7.35. The highest BCUT2D eigenvalue weighted by atomic mass is 32.2. The fourth-order valence-corrected chi connectivity index (χ4v) is 6.05. The lowest BCUT2D eigenvalue weighted by atomic mass is 10.3.